The smallest absolute Gasteiger partial charge is 0.310 e. The molecule has 0 aliphatic rings. The van der Waals surface area contributed by atoms with E-state index in [1.807, 2.05) is 13.0 Å². The summed E-state index contributed by atoms with van der Waals surface area (Å²) >= 11 is 3.37. The van der Waals surface area contributed by atoms with Gasteiger partial charge in [0.2, 0.25) is 0 Å². The van der Waals surface area contributed by atoms with Gasteiger partial charge >= 0.3 is 5.97 Å². The summed E-state index contributed by atoms with van der Waals surface area (Å²) < 4.78 is 5.48. The zero-order valence-electron chi connectivity index (χ0n) is 9.21. The van der Waals surface area contributed by atoms with Crippen LogP contribution in [0.1, 0.15) is 23.6 Å². The van der Waals surface area contributed by atoms with Crippen molar-refractivity contribution in [1.29, 1.82) is 5.26 Å². The molecular formula is C12H12BrNO2. The molecule has 84 valence electrons. The predicted octanol–water partition coefficient (Wildman–Crippen LogP) is 2.60. The minimum absolute atomic E-state index is 0.131. The third-order valence-corrected chi connectivity index (χ3v) is 2.78. The number of aryl methyl sites for hydroxylation is 1. The van der Waals surface area contributed by atoms with E-state index in [1.165, 1.54) is 7.11 Å². The quantitative estimate of drug-likeness (QED) is 0.801. The minimum Gasteiger partial charge on any atom is -0.469 e. The molecule has 0 aromatic heterocycles. The normalized spacial score (nSPS) is 9.62. The Balaban J connectivity index is 3.21. The van der Waals surface area contributed by atoms with Crippen LogP contribution in [-0.2, 0) is 22.4 Å². The number of benzene rings is 1. The molecule has 0 radical (unpaired) electrons. The highest BCUT2D eigenvalue weighted by Gasteiger charge is 2.12. The zero-order valence-corrected chi connectivity index (χ0v) is 10.8. The molecule has 0 aliphatic heterocycles. The fourth-order valence-electron chi connectivity index (χ4n) is 1.51. The largest absolute Gasteiger partial charge is 0.469 e. The maximum atomic E-state index is 11.2. The van der Waals surface area contributed by atoms with Crippen molar-refractivity contribution in [3.05, 3.63) is 33.3 Å². The molecule has 1 aromatic rings. The van der Waals surface area contributed by atoms with Gasteiger partial charge in [0.1, 0.15) is 0 Å². The summed E-state index contributed by atoms with van der Waals surface area (Å²) in [5, 5.41) is 9.09. The Morgan fingerprint density at radius 1 is 1.50 bits per heavy atom. The zero-order chi connectivity index (χ0) is 12.1. The standard InChI is InChI=1S/C12H12BrNO2/c1-3-8-4-10(13)5-9(11(8)7-14)6-12(15)16-2/h4-5H,3,6H2,1-2H3. The van der Waals surface area contributed by atoms with Crippen LogP contribution in [-0.4, -0.2) is 13.1 Å². The topological polar surface area (TPSA) is 50.1 Å². The van der Waals surface area contributed by atoms with Crippen LogP contribution in [0, 0.1) is 11.3 Å². The molecule has 0 aliphatic carbocycles. The van der Waals surface area contributed by atoms with Crippen molar-refractivity contribution in [3.8, 4) is 6.07 Å². The van der Waals surface area contributed by atoms with E-state index in [1.54, 1.807) is 6.07 Å². The number of carbonyl (C=O) groups is 1. The van der Waals surface area contributed by atoms with Gasteiger partial charge in [-0.25, -0.2) is 0 Å². The Morgan fingerprint density at radius 3 is 2.62 bits per heavy atom. The molecule has 3 nitrogen and oxygen atoms in total. The summed E-state index contributed by atoms with van der Waals surface area (Å²) in [5.41, 5.74) is 2.23. The first kappa shape index (κ1) is 12.7. The SMILES string of the molecule is CCc1cc(Br)cc(CC(=O)OC)c1C#N. The van der Waals surface area contributed by atoms with Crippen molar-refractivity contribution in [3.63, 3.8) is 0 Å². The average molecular weight is 282 g/mol. The van der Waals surface area contributed by atoms with E-state index in [9.17, 15) is 4.79 Å². The van der Waals surface area contributed by atoms with Gasteiger partial charge < -0.3 is 4.74 Å². The second-order valence-electron chi connectivity index (χ2n) is 3.32. The molecule has 0 unspecified atom stereocenters. The van der Waals surface area contributed by atoms with Crippen molar-refractivity contribution in [2.75, 3.05) is 7.11 Å². The maximum Gasteiger partial charge on any atom is 0.310 e. The van der Waals surface area contributed by atoms with Crippen molar-refractivity contribution in [2.45, 2.75) is 19.8 Å². The summed E-state index contributed by atoms with van der Waals surface area (Å²) in [6.07, 6.45) is 0.891. The second kappa shape index (κ2) is 5.66. The molecule has 0 spiro atoms. The van der Waals surface area contributed by atoms with Crippen LogP contribution in [0.5, 0.6) is 0 Å². The number of carbonyl (C=O) groups excluding carboxylic acids is 1. The number of methoxy groups -OCH3 is 1. The van der Waals surface area contributed by atoms with E-state index < -0.39 is 0 Å². The molecule has 16 heavy (non-hydrogen) atoms. The summed E-state index contributed by atoms with van der Waals surface area (Å²) in [6.45, 7) is 1.98. The van der Waals surface area contributed by atoms with Crippen molar-refractivity contribution < 1.29 is 9.53 Å². The summed E-state index contributed by atoms with van der Waals surface area (Å²) in [4.78, 5) is 11.2. The third-order valence-electron chi connectivity index (χ3n) is 2.32. The van der Waals surface area contributed by atoms with E-state index in [0.717, 1.165) is 16.5 Å². The number of halogens is 1. The van der Waals surface area contributed by atoms with Gasteiger partial charge in [0.25, 0.3) is 0 Å². The van der Waals surface area contributed by atoms with E-state index in [-0.39, 0.29) is 12.4 Å². The van der Waals surface area contributed by atoms with Crippen LogP contribution in [0.4, 0.5) is 0 Å². The van der Waals surface area contributed by atoms with Crippen LogP contribution < -0.4 is 0 Å². The Labute approximate surface area is 103 Å². The van der Waals surface area contributed by atoms with Crippen molar-refractivity contribution >= 4 is 21.9 Å². The number of rotatable bonds is 3. The molecule has 0 N–H and O–H groups in total. The molecule has 0 atom stereocenters. The lowest BCUT2D eigenvalue weighted by molar-refractivity contribution is -0.139. The molecule has 0 bridgehead atoms. The highest BCUT2D eigenvalue weighted by molar-refractivity contribution is 9.10. The van der Waals surface area contributed by atoms with Gasteiger partial charge in [0.15, 0.2) is 0 Å². The third kappa shape index (κ3) is 2.83. The molecule has 1 rings (SSSR count). The van der Waals surface area contributed by atoms with E-state index in [4.69, 9.17) is 5.26 Å². The van der Waals surface area contributed by atoms with Gasteiger partial charge in [-0.05, 0) is 29.7 Å². The first-order valence-corrected chi connectivity index (χ1v) is 5.69. The van der Waals surface area contributed by atoms with Gasteiger partial charge in [0, 0.05) is 4.47 Å². The van der Waals surface area contributed by atoms with Crippen molar-refractivity contribution in [2.24, 2.45) is 0 Å². The highest BCUT2D eigenvalue weighted by atomic mass is 79.9. The lowest BCUT2D eigenvalue weighted by atomic mass is 9.98. The molecule has 0 amide bonds. The Bertz CT molecular complexity index is 449. The molecule has 0 saturated carbocycles. The molecule has 4 heteroatoms. The average Bonchev–Trinajstić information content (AvgIpc) is 2.28. The number of hydrogen-bond acceptors (Lipinski definition) is 3. The van der Waals surface area contributed by atoms with E-state index >= 15 is 0 Å². The van der Waals surface area contributed by atoms with Gasteiger partial charge in [0.05, 0.1) is 25.2 Å². The lowest BCUT2D eigenvalue weighted by Gasteiger charge is -2.08. The monoisotopic (exact) mass is 281 g/mol. The van der Waals surface area contributed by atoms with E-state index in [2.05, 4.69) is 26.7 Å². The Morgan fingerprint density at radius 2 is 2.12 bits per heavy atom. The van der Waals surface area contributed by atoms with E-state index in [0.29, 0.717) is 11.1 Å². The van der Waals surface area contributed by atoms with Gasteiger partial charge in [-0.1, -0.05) is 22.9 Å². The summed E-state index contributed by atoms with van der Waals surface area (Å²) in [7, 11) is 1.34. The molecule has 0 heterocycles. The Hall–Kier alpha value is -1.34. The maximum absolute atomic E-state index is 11.2. The minimum atomic E-state index is -0.336. The molecular weight excluding hydrogens is 270 g/mol. The highest BCUT2D eigenvalue weighted by Crippen LogP contribution is 2.22. The second-order valence-corrected chi connectivity index (χ2v) is 4.23. The van der Waals surface area contributed by atoms with Crippen LogP contribution in [0.25, 0.3) is 0 Å². The predicted molar refractivity (Wildman–Crippen MR) is 64.0 cm³/mol. The summed E-state index contributed by atoms with van der Waals surface area (Å²) in [6, 6.07) is 5.83. The number of ether oxygens (including phenoxy) is 1. The first-order chi connectivity index (χ1) is 7.62. The van der Waals surface area contributed by atoms with Gasteiger partial charge in [-0.15, -0.1) is 0 Å². The van der Waals surface area contributed by atoms with Crippen LogP contribution in [0.2, 0.25) is 0 Å². The molecule has 1 aromatic carbocycles. The Kier molecular flexibility index (Phi) is 4.51. The van der Waals surface area contributed by atoms with Gasteiger partial charge in [-0.3, -0.25) is 4.79 Å². The molecule has 0 fully saturated rings. The van der Waals surface area contributed by atoms with Crippen LogP contribution in [0.3, 0.4) is 0 Å². The fourth-order valence-corrected chi connectivity index (χ4v) is 2.07. The number of nitrogens with zero attached hydrogens (tertiary/aromatic N) is 1. The number of esters is 1. The number of hydrogen-bond donors (Lipinski definition) is 0. The first-order valence-electron chi connectivity index (χ1n) is 4.90. The number of nitriles is 1. The van der Waals surface area contributed by atoms with Crippen LogP contribution in [0.15, 0.2) is 16.6 Å². The van der Waals surface area contributed by atoms with Gasteiger partial charge in [-0.2, -0.15) is 5.26 Å². The fraction of sp³-hybridized carbons (Fsp3) is 0.333. The summed E-state index contributed by atoms with van der Waals surface area (Å²) in [5.74, 6) is -0.336. The van der Waals surface area contributed by atoms with Crippen molar-refractivity contribution in [1.82, 2.24) is 0 Å². The van der Waals surface area contributed by atoms with Crippen LogP contribution >= 0.6 is 15.9 Å². The molecule has 0 saturated heterocycles. The lowest BCUT2D eigenvalue weighted by Crippen LogP contribution is -2.07.